The molecule has 0 spiro atoms. The first kappa shape index (κ1) is 15.3. The first-order valence-corrected chi connectivity index (χ1v) is 8.90. The molecular weight excluding hydrogens is 320 g/mol. The number of aromatic nitrogens is 2. The molecule has 2 aromatic rings. The molecule has 7 heteroatoms. The fraction of sp³-hybridized carbons (Fsp3) is 0.400. The normalized spacial score (nSPS) is 17.2. The van der Waals surface area contributed by atoms with Crippen LogP contribution in [0.15, 0.2) is 22.1 Å². The van der Waals surface area contributed by atoms with Crippen molar-refractivity contribution in [1.29, 1.82) is 0 Å². The van der Waals surface area contributed by atoms with Crippen LogP contribution < -0.4 is 5.56 Å². The first-order valence-electron chi connectivity index (χ1n) is 7.10. The zero-order valence-corrected chi connectivity index (χ0v) is 13.7. The molecule has 1 aliphatic rings. The lowest BCUT2D eigenvalue weighted by molar-refractivity contribution is 0.0702. The van der Waals surface area contributed by atoms with E-state index in [-0.39, 0.29) is 5.56 Å². The van der Waals surface area contributed by atoms with Gasteiger partial charge in [0.1, 0.15) is 4.88 Å². The number of hydrogen-bond donors (Lipinski definition) is 2. The minimum atomic E-state index is -0.907. The standard InChI is InChI=1S/C15H16N2O3S2/c1-8-2-4-11-10(6-8)13(18)17-15(16-11)21-7-9-3-5-12(22-9)14(19)20/h3,5,8H,2,4,6-7H2,1H3,(H,19,20)(H,16,17,18). The van der Waals surface area contributed by atoms with Crippen molar-refractivity contribution < 1.29 is 9.90 Å². The number of aromatic carboxylic acids is 1. The number of rotatable bonds is 4. The fourth-order valence-corrected chi connectivity index (χ4v) is 4.32. The van der Waals surface area contributed by atoms with Gasteiger partial charge >= 0.3 is 5.97 Å². The Bertz CT molecular complexity index is 766. The molecule has 0 fully saturated rings. The van der Waals surface area contributed by atoms with E-state index in [9.17, 15) is 9.59 Å². The molecule has 1 aliphatic carbocycles. The SMILES string of the molecule is CC1CCc2nc(SCc3ccc(C(=O)O)s3)[nH]c(=O)c2C1. The number of aromatic amines is 1. The van der Waals surface area contributed by atoms with Crippen molar-refractivity contribution in [1.82, 2.24) is 9.97 Å². The smallest absolute Gasteiger partial charge is 0.345 e. The van der Waals surface area contributed by atoms with E-state index in [0.29, 0.717) is 21.7 Å². The van der Waals surface area contributed by atoms with Crippen molar-refractivity contribution in [3.8, 4) is 0 Å². The molecule has 0 saturated heterocycles. The van der Waals surface area contributed by atoms with E-state index in [2.05, 4.69) is 16.9 Å². The molecule has 0 saturated carbocycles. The van der Waals surface area contributed by atoms with Crippen LogP contribution in [-0.2, 0) is 18.6 Å². The molecule has 0 radical (unpaired) electrons. The van der Waals surface area contributed by atoms with Gasteiger partial charge in [0.25, 0.3) is 5.56 Å². The quantitative estimate of drug-likeness (QED) is 0.662. The number of carbonyl (C=O) groups is 1. The maximum Gasteiger partial charge on any atom is 0.345 e. The van der Waals surface area contributed by atoms with E-state index in [1.165, 1.54) is 23.1 Å². The van der Waals surface area contributed by atoms with Crippen molar-refractivity contribution in [3.63, 3.8) is 0 Å². The van der Waals surface area contributed by atoms with E-state index >= 15 is 0 Å². The predicted molar refractivity (Wildman–Crippen MR) is 86.9 cm³/mol. The molecule has 1 unspecified atom stereocenters. The van der Waals surface area contributed by atoms with Gasteiger partial charge in [0.2, 0.25) is 0 Å². The third-order valence-electron chi connectivity index (χ3n) is 3.73. The summed E-state index contributed by atoms with van der Waals surface area (Å²) in [4.78, 5) is 31.7. The summed E-state index contributed by atoms with van der Waals surface area (Å²) in [5.74, 6) is 0.237. The first-order chi connectivity index (χ1) is 10.5. The van der Waals surface area contributed by atoms with E-state index in [1.54, 1.807) is 12.1 Å². The van der Waals surface area contributed by atoms with Crippen molar-refractivity contribution in [2.45, 2.75) is 37.1 Å². The highest BCUT2D eigenvalue weighted by Gasteiger charge is 2.20. The molecule has 5 nitrogen and oxygen atoms in total. The van der Waals surface area contributed by atoms with E-state index < -0.39 is 5.97 Å². The Morgan fingerprint density at radius 3 is 3.09 bits per heavy atom. The average Bonchev–Trinajstić information content (AvgIpc) is 2.95. The molecule has 2 aromatic heterocycles. The van der Waals surface area contributed by atoms with Crippen LogP contribution in [0, 0.1) is 5.92 Å². The zero-order valence-electron chi connectivity index (χ0n) is 12.1. The van der Waals surface area contributed by atoms with E-state index in [0.717, 1.165) is 35.4 Å². The number of thioether (sulfide) groups is 1. The van der Waals surface area contributed by atoms with Crippen LogP contribution in [-0.4, -0.2) is 21.0 Å². The molecule has 116 valence electrons. The molecule has 2 N–H and O–H groups in total. The molecule has 22 heavy (non-hydrogen) atoms. The van der Waals surface area contributed by atoms with Crippen molar-refractivity contribution in [2.75, 3.05) is 0 Å². The average molecular weight is 336 g/mol. The second kappa shape index (κ2) is 6.26. The minimum Gasteiger partial charge on any atom is -0.477 e. The van der Waals surface area contributed by atoms with Crippen LogP contribution >= 0.6 is 23.1 Å². The Morgan fingerprint density at radius 1 is 1.55 bits per heavy atom. The number of hydrogen-bond acceptors (Lipinski definition) is 5. The van der Waals surface area contributed by atoms with Crippen LogP contribution in [0.25, 0.3) is 0 Å². The molecule has 0 bridgehead atoms. The lowest BCUT2D eigenvalue weighted by atomic mass is 9.89. The largest absolute Gasteiger partial charge is 0.477 e. The van der Waals surface area contributed by atoms with Crippen LogP contribution in [0.4, 0.5) is 0 Å². The maximum absolute atomic E-state index is 12.2. The van der Waals surface area contributed by atoms with Gasteiger partial charge in [-0.2, -0.15) is 0 Å². The van der Waals surface area contributed by atoms with Crippen molar-refractivity contribution in [3.05, 3.63) is 43.5 Å². The fourth-order valence-electron chi connectivity index (χ4n) is 2.55. The van der Waals surface area contributed by atoms with Crippen LogP contribution in [0.5, 0.6) is 0 Å². The number of H-pyrrole nitrogens is 1. The van der Waals surface area contributed by atoms with E-state index in [1.807, 2.05) is 0 Å². The molecule has 1 atom stereocenters. The van der Waals surface area contributed by atoms with Gasteiger partial charge in [-0.1, -0.05) is 18.7 Å². The highest BCUT2D eigenvalue weighted by atomic mass is 32.2. The van der Waals surface area contributed by atoms with Gasteiger partial charge in [0.15, 0.2) is 5.16 Å². The topological polar surface area (TPSA) is 83.0 Å². The van der Waals surface area contributed by atoms with Gasteiger partial charge in [0, 0.05) is 16.2 Å². The van der Waals surface area contributed by atoms with Gasteiger partial charge in [-0.3, -0.25) is 4.79 Å². The monoisotopic (exact) mass is 336 g/mol. The number of nitrogens with one attached hydrogen (secondary N) is 1. The van der Waals surface area contributed by atoms with Gasteiger partial charge < -0.3 is 10.1 Å². The number of thiophene rings is 1. The van der Waals surface area contributed by atoms with Gasteiger partial charge in [0.05, 0.1) is 5.69 Å². The van der Waals surface area contributed by atoms with Crippen LogP contribution in [0.3, 0.4) is 0 Å². The molecule has 0 amide bonds. The maximum atomic E-state index is 12.2. The van der Waals surface area contributed by atoms with Gasteiger partial charge in [-0.15, -0.1) is 11.3 Å². The highest BCUT2D eigenvalue weighted by Crippen LogP contribution is 2.27. The Morgan fingerprint density at radius 2 is 2.36 bits per heavy atom. The molecule has 0 aromatic carbocycles. The second-order valence-electron chi connectivity index (χ2n) is 5.50. The third-order valence-corrected chi connectivity index (χ3v) is 5.91. The second-order valence-corrected chi connectivity index (χ2v) is 7.64. The van der Waals surface area contributed by atoms with Crippen molar-refractivity contribution in [2.24, 2.45) is 5.92 Å². The number of aryl methyl sites for hydroxylation is 1. The number of carboxylic acid groups (broad SMARTS) is 1. The van der Waals surface area contributed by atoms with Crippen molar-refractivity contribution >= 4 is 29.1 Å². The Hall–Kier alpha value is -1.60. The summed E-state index contributed by atoms with van der Waals surface area (Å²) in [7, 11) is 0. The number of carboxylic acids is 1. The van der Waals surface area contributed by atoms with Crippen LogP contribution in [0.2, 0.25) is 0 Å². The summed E-state index contributed by atoms with van der Waals surface area (Å²) in [6.45, 7) is 2.15. The summed E-state index contributed by atoms with van der Waals surface area (Å²) < 4.78 is 0. The zero-order chi connectivity index (χ0) is 15.7. The number of nitrogens with zero attached hydrogens (tertiary/aromatic N) is 1. The number of fused-ring (bicyclic) bond motifs is 1. The summed E-state index contributed by atoms with van der Waals surface area (Å²) in [5, 5.41) is 9.53. The summed E-state index contributed by atoms with van der Waals surface area (Å²) in [6.07, 6.45) is 2.73. The summed E-state index contributed by atoms with van der Waals surface area (Å²) >= 11 is 2.69. The Kier molecular flexibility index (Phi) is 4.35. The van der Waals surface area contributed by atoms with E-state index in [4.69, 9.17) is 5.11 Å². The van der Waals surface area contributed by atoms with Crippen LogP contribution in [0.1, 0.15) is 39.2 Å². The lowest BCUT2D eigenvalue weighted by Crippen LogP contribution is -2.24. The molecular formula is C15H16N2O3S2. The Labute approximate surface area is 135 Å². The van der Waals surface area contributed by atoms with Gasteiger partial charge in [-0.25, -0.2) is 9.78 Å². The summed E-state index contributed by atoms with van der Waals surface area (Å²) in [5.41, 5.74) is 1.71. The molecule has 3 rings (SSSR count). The molecule has 2 heterocycles. The van der Waals surface area contributed by atoms with Gasteiger partial charge in [-0.05, 0) is 37.3 Å². The third kappa shape index (κ3) is 3.25. The summed E-state index contributed by atoms with van der Waals surface area (Å²) in [6, 6.07) is 3.41. The molecule has 0 aliphatic heterocycles. The lowest BCUT2D eigenvalue weighted by Gasteiger charge is -2.19. The Balaban J connectivity index is 1.74. The predicted octanol–water partition coefficient (Wildman–Crippen LogP) is 2.95. The highest BCUT2D eigenvalue weighted by molar-refractivity contribution is 7.98. The minimum absolute atomic E-state index is 0.0311.